The Morgan fingerprint density at radius 2 is 2.17 bits per heavy atom. The maximum atomic E-state index is 12.3. The van der Waals surface area contributed by atoms with Gasteiger partial charge in [0.05, 0.1) is 19.3 Å². The highest BCUT2D eigenvalue weighted by molar-refractivity contribution is 5.94. The summed E-state index contributed by atoms with van der Waals surface area (Å²) in [7, 11) is 0. The molecule has 6 nitrogen and oxygen atoms in total. The molecular weight excluding hydrogens is 304 g/mol. The van der Waals surface area contributed by atoms with Crippen LogP contribution < -0.4 is 5.32 Å². The van der Waals surface area contributed by atoms with E-state index in [4.69, 9.17) is 0 Å². The van der Waals surface area contributed by atoms with Gasteiger partial charge in [-0.15, -0.1) is 0 Å². The minimum Gasteiger partial charge on any atom is -0.333 e. The predicted octanol–water partition coefficient (Wildman–Crippen LogP) is 2.11. The van der Waals surface area contributed by atoms with Gasteiger partial charge in [0.25, 0.3) is 0 Å². The molecule has 0 atom stereocenters. The zero-order valence-corrected chi connectivity index (χ0v) is 14.1. The first-order chi connectivity index (χ1) is 11.5. The van der Waals surface area contributed by atoms with Crippen LogP contribution in [0, 0.1) is 13.8 Å². The summed E-state index contributed by atoms with van der Waals surface area (Å²) in [6, 6.07) is 8.20. The molecule has 24 heavy (non-hydrogen) atoms. The predicted molar refractivity (Wildman–Crippen MR) is 91.7 cm³/mol. The summed E-state index contributed by atoms with van der Waals surface area (Å²) in [6.45, 7) is 5.32. The monoisotopic (exact) mass is 326 g/mol. The Balaban J connectivity index is 1.70. The van der Waals surface area contributed by atoms with Crippen molar-refractivity contribution in [2.24, 2.45) is 0 Å². The van der Waals surface area contributed by atoms with E-state index in [1.807, 2.05) is 32.0 Å². The van der Waals surface area contributed by atoms with Crippen molar-refractivity contribution in [2.75, 3.05) is 18.4 Å². The van der Waals surface area contributed by atoms with E-state index in [1.165, 1.54) is 5.56 Å². The first-order valence-electron chi connectivity index (χ1n) is 8.18. The Labute approximate surface area is 141 Å². The van der Waals surface area contributed by atoms with E-state index in [9.17, 15) is 9.59 Å². The van der Waals surface area contributed by atoms with Gasteiger partial charge in [-0.2, -0.15) is 5.10 Å². The molecule has 1 fully saturated rings. The van der Waals surface area contributed by atoms with Crippen molar-refractivity contribution in [2.45, 2.75) is 33.2 Å². The molecule has 3 rings (SSSR count). The van der Waals surface area contributed by atoms with Crippen LogP contribution >= 0.6 is 0 Å². The molecule has 2 amide bonds. The smallest absolute Gasteiger partial charge is 0.245 e. The Morgan fingerprint density at radius 3 is 2.88 bits per heavy atom. The van der Waals surface area contributed by atoms with Gasteiger partial charge in [0.15, 0.2) is 0 Å². The fraction of sp³-hybridized carbons (Fsp3) is 0.389. The third-order valence-electron chi connectivity index (χ3n) is 4.20. The second-order valence-electron chi connectivity index (χ2n) is 6.29. The number of hydrogen-bond acceptors (Lipinski definition) is 3. The number of rotatable bonds is 5. The Hall–Kier alpha value is -2.63. The van der Waals surface area contributed by atoms with E-state index in [0.717, 1.165) is 17.5 Å². The van der Waals surface area contributed by atoms with Crippen molar-refractivity contribution in [3.63, 3.8) is 0 Å². The second-order valence-corrected chi connectivity index (χ2v) is 6.29. The Bertz CT molecular complexity index is 766. The maximum absolute atomic E-state index is 12.3. The van der Waals surface area contributed by atoms with E-state index >= 15 is 0 Å². The first-order valence-corrected chi connectivity index (χ1v) is 8.18. The van der Waals surface area contributed by atoms with Crippen molar-refractivity contribution in [1.82, 2.24) is 14.7 Å². The molecule has 0 aliphatic carbocycles. The summed E-state index contributed by atoms with van der Waals surface area (Å²) in [5.74, 6) is 0.558. The van der Waals surface area contributed by atoms with E-state index < -0.39 is 0 Å². The minimum atomic E-state index is -0.181. The van der Waals surface area contributed by atoms with Crippen LogP contribution in [0.15, 0.2) is 30.5 Å². The molecule has 2 heterocycles. The lowest BCUT2D eigenvalue weighted by molar-refractivity contribution is -0.131. The van der Waals surface area contributed by atoms with Gasteiger partial charge < -0.3 is 10.2 Å². The molecule has 1 aliphatic heterocycles. The van der Waals surface area contributed by atoms with Gasteiger partial charge in [0, 0.05) is 18.5 Å². The van der Waals surface area contributed by atoms with Crippen LogP contribution in [0.1, 0.15) is 29.5 Å². The highest BCUT2D eigenvalue weighted by Gasteiger charge is 2.23. The number of nitrogens with one attached hydrogen (secondary N) is 1. The molecule has 1 aromatic carbocycles. The van der Waals surface area contributed by atoms with Gasteiger partial charge in [0.2, 0.25) is 11.8 Å². The molecule has 126 valence electrons. The Kier molecular flexibility index (Phi) is 4.64. The fourth-order valence-electron chi connectivity index (χ4n) is 2.96. The first kappa shape index (κ1) is 16.2. The molecule has 0 spiro atoms. The molecule has 1 aliphatic rings. The molecule has 0 unspecified atom stereocenters. The van der Waals surface area contributed by atoms with E-state index in [0.29, 0.717) is 25.3 Å². The number of carbonyl (C=O) groups is 2. The Morgan fingerprint density at radius 1 is 1.33 bits per heavy atom. The molecule has 1 saturated heterocycles. The topological polar surface area (TPSA) is 67.2 Å². The van der Waals surface area contributed by atoms with Crippen LogP contribution in [0.25, 0.3) is 0 Å². The number of anilines is 1. The van der Waals surface area contributed by atoms with Crippen LogP contribution in [0.2, 0.25) is 0 Å². The fourth-order valence-corrected chi connectivity index (χ4v) is 2.96. The second kappa shape index (κ2) is 6.86. The quantitative estimate of drug-likeness (QED) is 0.915. The molecule has 1 aromatic heterocycles. The van der Waals surface area contributed by atoms with Crippen molar-refractivity contribution in [3.8, 4) is 0 Å². The zero-order chi connectivity index (χ0) is 17.1. The van der Waals surface area contributed by atoms with E-state index in [2.05, 4.69) is 16.5 Å². The van der Waals surface area contributed by atoms with Crippen LogP contribution in [0.4, 0.5) is 5.82 Å². The number of amides is 2. The largest absolute Gasteiger partial charge is 0.333 e. The number of hydrogen-bond donors (Lipinski definition) is 1. The summed E-state index contributed by atoms with van der Waals surface area (Å²) < 4.78 is 1.79. The lowest BCUT2D eigenvalue weighted by Crippen LogP contribution is -2.34. The van der Waals surface area contributed by atoms with Crippen molar-refractivity contribution in [1.29, 1.82) is 0 Å². The van der Waals surface area contributed by atoms with Crippen LogP contribution in [-0.4, -0.2) is 39.6 Å². The van der Waals surface area contributed by atoms with Gasteiger partial charge in [0.1, 0.15) is 5.82 Å². The number of nitrogens with zero attached hydrogens (tertiary/aromatic N) is 3. The molecular formula is C18H22N4O2. The highest BCUT2D eigenvalue weighted by atomic mass is 16.2. The summed E-state index contributed by atoms with van der Waals surface area (Å²) in [6.07, 6.45) is 3.11. The molecule has 0 bridgehead atoms. The molecule has 6 heteroatoms. The third-order valence-corrected chi connectivity index (χ3v) is 4.20. The number of aromatic nitrogens is 2. The summed E-state index contributed by atoms with van der Waals surface area (Å²) >= 11 is 0. The van der Waals surface area contributed by atoms with Gasteiger partial charge >= 0.3 is 0 Å². The summed E-state index contributed by atoms with van der Waals surface area (Å²) in [5.41, 5.74) is 3.22. The number of benzene rings is 1. The van der Waals surface area contributed by atoms with Gasteiger partial charge in [-0.3, -0.25) is 9.59 Å². The van der Waals surface area contributed by atoms with Crippen molar-refractivity contribution >= 4 is 17.6 Å². The van der Waals surface area contributed by atoms with Crippen LogP contribution in [-0.2, 0) is 16.1 Å². The van der Waals surface area contributed by atoms with Crippen LogP contribution in [0.5, 0.6) is 0 Å². The maximum Gasteiger partial charge on any atom is 0.245 e. The van der Waals surface area contributed by atoms with Gasteiger partial charge in [-0.25, -0.2) is 4.68 Å². The molecule has 1 N–H and O–H groups in total. The van der Waals surface area contributed by atoms with Gasteiger partial charge in [-0.1, -0.05) is 29.8 Å². The van der Waals surface area contributed by atoms with E-state index in [1.54, 1.807) is 15.8 Å². The summed E-state index contributed by atoms with van der Waals surface area (Å²) in [4.78, 5) is 25.5. The van der Waals surface area contributed by atoms with Crippen molar-refractivity contribution in [3.05, 3.63) is 47.2 Å². The molecule has 0 saturated carbocycles. The zero-order valence-electron chi connectivity index (χ0n) is 14.1. The standard InChI is InChI=1S/C18H22N4O2/c1-13-5-3-6-15(9-13)11-22-18(14(2)10-19-22)20-16(23)12-21-8-4-7-17(21)24/h3,5-6,9-10H,4,7-8,11-12H2,1-2H3,(H,20,23). The normalized spacial score (nSPS) is 14.2. The third kappa shape index (κ3) is 3.64. The number of carbonyl (C=O) groups excluding carboxylic acids is 2. The average Bonchev–Trinajstić information content (AvgIpc) is 3.08. The van der Waals surface area contributed by atoms with Crippen LogP contribution in [0.3, 0.4) is 0 Å². The SMILES string of the molecule is Cc1cccc(Cn2ncc(C)c2NC(=O)CN2CCCC2=O)c1. The average molecular weight is 326 g/mol. The lowest BCUT2D eigenvalue weighted by Gasteiger charge is -2.16. The summed E-state index contributed by atoms with van der Waals surface area (Å²) in [5, 5.41) is 7.27. The van der Waals surface area contributed by atoms with E-state index in [-0.39, 0.29) is 18.4 Å². The highest BCUT2D eigenvalue weighted by Crippen LogP contribution is 2.17. The van der Waals surface area contributed by atoms with Crippen molar-refractivity contribution < 1.29 is 9.59 Å². The van der Waals surface area contributed by atoms with Gasteiger partial charge in [-0.05, 0) is 25.8 Å². The number of likely N-dealkylation sites (tertiary alicyclic amines) is 1. The molecule has 2 aromatic rings. The minimum absolute atomic E-state index is 0.0511. The molecule has 0 radical (unpaired) electrons. The number of aryl methyl sites for hydroxylation is 2. The lowest BCUT2D eigenvalue weighted by atomic mass is 10.1.